The first-order valence-electron chi connectivity index (χ1n) is 10.1. The third kappa shape index (κ3) is 4.62. The van der Waals surface area contributed by atoms with Gasteiger partial charge in [-0.2, -0.15) is 5.10 Å². The Labute approximate surface area is 183 Å². The summed E-state index contributed by atoms with van der Waals surface area (Å²) in [5.74, 6) is -0.460. The Balaban J connectivity index is 1.58. The number of nitrogens with zero attached hydrogens (tertiary/aromatic N) is 3. The monoisotopic (exact) mass is 439 g/mol. The number of halogens is 1. The highest BCUT2D eigenvalue weighted by Gasteiger charge is 2.36. The zero-order valence-corrected chi connectivity index (χ0v) is 17.4. The average Bonchev–Trinajstić information content (AvgIpc) is 3.57. The van der Waals surface area contributed by atoms with Gasteiger partial charge >= 0.3 is 0 Å². The van der Waals surface area contributed by atoms with Gasteiger partial charge in [0.15, 0.2) is 5.76 Å². The van der Waals surface area contributed by atoms with Crippen molar-refractivity contribution in [3.63, 3.8) is 0 Å². The van der Waals surface area contributed by atoms with E-state index in [0.29, 0.717) is 23.5 Å². The molecule has 9 heteroatoms. The third-order valence-electron chi connectivity index (χ3n) is 5.13. The van der Waals surface area contributed by atoms with Gasteiger partial charge < -0.3 is 18.5 Å². The van der Waals surface area contributed by atoms with E-state index in [9.17, 15) is 14.0 Å². The van der Waals surface area contributed by atoms with E-state index < -0.39 is 11.9 Å². The fraction of sp³-hybridized carbons (Fsp3) is 0.261. The molecule has 0 saturated heterocycles. The Morgan fingerprint density at radius 1 is 1.16 bits per heavy atom. The molecule has 4 rings (SSSR count). The number of hydrazone groups is 1. The number of hydrogen-bond donors (Lipinski definition) is 0. The Hall–Kier alpha value is -3.72. The number of carbonyl (C=O) groups excluding carboxylic acids is 2. The molecule has 166 valence electrons. The molecule has 2 amide bonds. The number of methoxy groups -OCH3 is 1. The van der Waals surface area contributed by atoms with Crippen LogP contribution in [0.1, 0.15) is 34.3 Å². The lowest BCUT2D eigenvalue weighted by molar-refractivity contribution is -0.134. The summed E-state index contributed by atoms with van der Waals surface area (Å²) in [5.41, 5.74) is 1.33. The second-order valence-corrected chi connectivity index (χ2v) is 7.22. The van der Waals surface area contributed by atoms with Crippen LogP contribution in [0, 0.1) is 5.82 Å². The molecule has 1 aliphatic heterocycles. The van der Waals surface area contributed by atoms with Gasteiger partial charge in [0.2, 0.25) is 0 Å². The molecule has 2 aromatic heterocycles. The highest BCUT2D eigenvalue weighted by atomic mass is 19.1. The maximum Gasteiger partial charge on any atom is 0.290 e. The van der Waals surface area contributed by atoms with Crippen LogP contribution in [-0.4, -0.2) is 54.2 Å². The summed E-state index contributed by atoms with van der Waals surface area (Å²) in [6.45, 7) is 0.237. The van der Waals surface area contributed by atoms with Gasteiger partial charge in [0.1, 0.15) is 24.2 Å². The van der Waals surface area contributed by atoms with Crippen molar-refractivity contribution >= 4 is 17.5 Å². The smallest absolute Gasteiger partial charge is 0.290 e. The molecule has 0 saturated carbocycles. The predicted molar refractivity (Wildman–Crippen MR) is 112 cm³/mol. The van der Waals surface area contributed by atoms with Gasteiger partial charge in [-0.05, 0) is 42.0 Å². The molecule has 1 atom stereocenters. The van der Waals surface area contributed by atoms with E-state index in [1.165, 1.54) is 41.7 Å². The predicted octanol–water partition coefficient (Wildman–Crippen LogP) is 3.48. The van der Waals surface area contributed by atoms with Crippen molar-refractivity contribution < 1.29 is 27.6 Å². The maximum atomic E-state index is 13.3. The Morgan fingerprint density at radius 3 is 2.56 bits per heavy atom. The molecule has 3 heterocycles. The van der Waals surface area contributed by atoms with E-state index in [1.54, 1.807) is 36.4 Å². The van der Waals surface area contributed by atoms with Gasteiger partial charge in [-0.3, -0.25) is 9.59 Å². The van der Waals surface area contributed by atoms with Crippen LogP contribution < -0.4 is 0 Å². The summed E-state index contributed by atoms with van der Waals surface area (Å²) in [6, 6.07) is 12.1. The standard InChI is InChI=1S/C23H22FN3O5/c1-30-13-10-26(23(29)21-5-3-12-32-21)15-22(28)27-19(20-4-2-11-31-20)14-18(25-27)16-6-8-17(24)9-7-16/h2-9,11-12,19H,10,13-15H2,1H3. The summed E-state index contributed by atoms with van der Waals surface area (Å²) >= 11 is 0. The highest BCUT2D eigenvalue weighted by Crippen LogP contribution is 2.33. The second-order valence-electron chi connectivity index (χ2n) is 7.22. The molecule has 1 aliphatic rings. The van der Waals surface area contributed by atoms with Crippen molar-refractivity contribution in [3.05, 3.63) is 84.0 Å². The number of ether oxygens (including phenoxy) is 1. The van der Waals surface area contributed by atoms with E-state index in [-0.39, 0.29) is 37.2 Å². The van der Waals surface area contributed by atoms with Crippen molar-refractivity contribution in [2.24, 2.45) is 5.10 Å². The summed E-state index contributed by atoms with van der Waals surface area (Å²) < 4.78 is 29.2. The fourth-order valence-corrected chi connectivity index (χ4v) is 3.51. The van der Waals surface area contributed by atoms with Gasteiger partial charge in [0.05, 0.1) is 24.8 Å². The quantitative estimate of drug-likeness (QED) is 0.536. The molecule has 0 fully saturated rings. The summed E-state index contributed by atoms with van der Waals surface area (Å²) in [7, 11) is 1.52. The third-order valence-corrected chi connectivity index (χ3v) is 5.13. The van der Waals surface area contributed by atoms with E-state index in [1.807, 2.05) is 0 Å². The molecule has 0 bridgehead atoms. The molecule has 0 radical (unpaired) electrons. The topological polar surface area (TPSA) is 88.5 Å². The summed E-state index contributed by atoms with van der Waals surface area (Å²) in [5, 5.41) is 5.83. The van der Waals surface area contributed by atoms with Crippen molar-refractivity contribution in [2.75, 3.05) is 26.8 Å². The van der Waals surface area contributed by atoms with Gasteiger partial charge in [-0.25, -0.2) is 9.40 Å². The minimum atomic E-state index is -0.472. The number of furan rings is 2. The van der Waals surface area contributed by atoms with Crippen molar-refractivity contribution in [3.8, 4) is 0 Å². The van der Waals surface area contributed by atoms with Crippen LogP contribution in [0.2, 0.25) is 0 Å². The molecule has 3 aromatic rings. The summed E-state index contributed by atoms with van der Waals surface area (Å²) in [4.78, 5) is 27.4. The lowest BCUT2D eigenvalue weighted by Crippen LogP contribution is -2.42. The van der Waals surface area contributed by atoms with Gasteiger partial charge in [0.25, 0.3) is 11.8 Å². The molecule has 32 heavy (non-hydrogen) atoms. The minimum absolute atomic E-state index is 0.133. The number of benzene rings is 1. The second kappa shape index (κ2) is 9.61. The van der Waals surface area contributed by atoms with E-state index in [0.717, 1.165) is 0 Å². The molecule has 8 nitrogen and oxygen atoms in total. The fourth-order valence-electron chi connectivity index (χ4n) is 3.51. The highest BCUT2D eigenvalue weighted by molar-refractivity contribution is 6.03. The van der Waals surface area contributed by atoms with Crippen LogP contribution in [0.5, 0.6) is 0 Å². The van der Waals surface area contributed by atoms with Crippen molar-refractivity contribution in [1.82, 2.24) is 9.91 Å². The van der Waals surface area contributed by atoms with E-state index in [4.69, 9.17) is 13.6 Å². The first-order chi connectivity index (χ1) is 15.6. The molecule has 0 aliphatic carbocycles. The molecule has 0 spiro atoms. The number of rotatable bonds is 8. The van der Waals surface area contributed by atoms with Gasteiger partial charge in [-0.1, -0.05) is 12.1 Å². The Kier molecular flexibility index (Phi) is 6.46. The zero-order chi connectivity index (χ0) is 22.5. The molecule has 1 aromatic carbocycles. The molecular formula is C23H22FN3O5. The first kappa shape index (κ1) is 21.5. The molecule has 1 unspecified atom stereocenters. The maximum absolute atomic E-state index is 13.3. The van der Waals surface area contributed by atoms with Crippen LogP contribution in [0.3, 0.4) is 0 Å². The average molecular weight is 439 g/mol. The largest absolute Gasteiger partial charge is 0.467 e. The molecular weight excluding hydrogens is 417 g/mol. The lowest BCUT2D eigenvalue weighted by Gasteiger charge is -2.25. The van der Waals surface area contributed by atoms with Crippen LogP contribution in [-0.2, 0) is 9.53 Å². The van der Waals surface area contributed by atoms with Crippen LogP contribution in [0.25, 0.3) is 0 Å². The van der Waals surface area contributed by atoms with Crippen LogP contribution >= 0.6 is 0 Å². The normalized spacial score (nSPS) is 15.6. The zero-order valence-electron chi connectivity index (χ0n) is 17.4. The Bertz CT molecular complexity index is 1080. The van der Waals surface area contributed by atoms with E-state index >= 15 is 0 Å². The number of hydrogen-bond acceptors (Lipinski definition) is 6. The SMILES string of the molecule is COCCN(CC(=O)N1N=C(c2ccc(F)cc2)CC1c1ccco1)C(=O)c1ccco1. The van der Waals surface area contributed by atoms with Crippen molar-refractivity contribution in [2.45, 2.75) is 12.5 Å². The van der Waals surface area contributed by atoms with E-state index in [2.05, 4.69) is 5.10 Å². The van der Waals surface area contributed by atoms with Gasteiger partial charge in [0, 0.05) is 20.1 Å². The van der Waals surface area contributed by atoms with Crippen molar-refractivity contribution in [1.29, 1.82) is 0 Å². The number of amides is 2. The lowest BCUT2D eigenvalue weighted by atomic mass is 10.0. The van der Waals surface area contributed by atoms with Crippen LogP contribution in [0.4, 0.5) is 4.39 Å². The van der Waals surface area contributed by atoms with Gasteiger partial charge in [-0.15, -0.1) is 0 Å². The summed E-state index contributed by atoms with van der Waals surface area (Å²) in [6.07, 6.45) is 3.32. The Morgan fingerprint density at radius 2 is 1.91 bits per heavy atom. The first-order valence-corrected chi connectivity index (χ1v) is 10.1. The minimum Gasteiger partial charge on any atom is -0.467 e. The van der Waals surface area contributed by atoms with Crippen LogP contribution in [0.15, 0.2) is 75.0 Å². The number of carbonyl (C=O) groups is 2. The molecule has 0 N–H and O–H groups in total.